The smallest absolute Gasteiger partial charge is 0.227 e. The van der Waals surface area contributed by atoms with Crippen molar-refractivity contribution >= 4 is 17.4 Å². The maximum absolute atomic E-state index is 12.0. The standard InChI is InChI=1S/C14H14N4O2/c15-17-16-7-9-5-14(20)18(8-9)11-3-1-10-2-4-13(19)12(10)6-11/h1,3,6,9H,2,4-5,7-8H2. The van der Waals surface area contributed by atoms with Gasteiger partial charge in [0.2, 0.25) is 5.91 Å². The second-order valence-corrected chi connectivity index (χ2v) is 5.25. The highest BCUT2D eigenvalue weighted by molar-refractivity contribution is 6.03. The lowest BCUT2D eigenvalue weighted by atomic mass is 10.1. The van der Waals surface area contributed by atoms with E-state index in [4.69, 9.17) is 5.53 Å². The van der Waals surface area contributed by atoms with Crippen molar-refractivity contribution in [3.05, 3.63) is 39.8 Å². The van der Waals surface area contributed by atoms with Gasteiger partial charge in [-0.2, -0.15) is 0 Å². The van der Waals surface area contributed by atoms with Gasteiger partial charge in [0, 0.05) is 42.1 Å². The predicted molar refractivity (Wildman–Crippen MR) is 73.6 cm³/mol. The van der Waals surface area contributed by atoms with Crippen molar-refractivity contribution in [3.63, 3.8) is 0 Å². The Kier molecular flexibility index (Phi) is 3.16. The number of carbonyl (C=O) groups excluding carboxylic acids is 2. The van der Waals surface area contributed by atoms with Gasteiger partial charge >= 0.3 is 0 Å². The van der Waals surface area contributed by atoms with Crippen LogP contribution in [0.3, 0.4) is 0 Å². The van der Waals surface area contributed by atoms with E-state index < -0.39 is 0 Å². The average molecular weight is 270 g/mol. The summed E-state index contributed by atoms with van der Waals surface area (Å²) in [5, 5.41) is 3.53. The van der Waals surface area contributed by atoms with Crippen LogP contribution in [0.15, 0.2) is 23.3 Å². The quantitative estimate of drug-likeness (QED) is 0.480. The summed E-state index contributed by atoms with van der Waals surface area (Å²) in [7, 11) is 0. The normalized spacial score (nSPS) is 21.0. The first-order chi connectivity index (χ1) is 9.69. The number of hydrogen-bond donors (Lipinski definition) is 0. The van der Waals surface area contributed by atoms with Gasteiger partial charge < -0.3 is 4.90 Å². The van der Waals surface area contributed by atoms with E-state index in [0.29, 0.717) is 25.9 Å². The van der Waals surface area contributed by atoms with Gasteiger partial charge in [0.05, 0.1) is 0 Å². The predicted octanol–water partition coefficient (Wildman–Crippen LogP) is 2.48. The van der Waals surface area contributed by atoms with E-state index in [2.05, 4.69) is 10.0 Å². The van der Waals surface area contributed by atoms with Crippen LogP contribution in [0, 0.1) is 5.92 Å². The molecule has 1 unspecified atom stereocenters. The molecular formula is C14H14N4O2. The van der Waals surface area contributed by atoms with Crippen LogP contribution in [0.25, 0.3) is 10.4 Å². The number of Topliss-reactive ketones (excluding diaryl/α,β-unsaturated/α-hetero) is 1. The Morgan fingerprint density at radius 1 is 1.35 bits per heavy atom. The fourth-order valence-corrected chi connectivity index (χ4v) is 2.90. The van der Waals surface area contributed by atoms with Crippen molar-refractivity contribution in [2.45, 2.75) is 19.3 Å². The Labute approximate surface area is 116 Å². The molecule has 1 aliphatic carbocycles. The highest BCUT2D eigenvalue weighted by Gasteiger charge is 2.31. The molecule has 0 bridgehead atoms. The SMILES string of the molecule is [N-]=[N+]=NCC1CC(=O)N(c2ccc3c(c2)C(=O)CC3)C1. The summed E-state index contributed by atoms with van der Waals surface area (Å²) >= 11 is 0. The molecule has 0 N–H and O–H groups in total. The van der Waals surface area contributed by atoms with Crippen LogP contribution in [0.5, 0.6) is 0 Å². The summed E-state index contributed by atoms with van der Waals surface area (Å²) in [4.78, 5) is 28.2. The summed E-state index contributed by atoms with van der Waals surface area (Å²) in [6.45, 7) is 0.882. The molecule has 20 heavy (non-hydrogen) atoms. The van der Waals surface area contributed by atoms with Gasteiger partial charge in [-0.15, -0.1) is 0 Å². The number of benzene rings is 1. The Hall–Kier alpha value is -2.33. The van der Waals surface area contributed by atoms with Crippen LogP contribution in [0.4, 0.5) is 5.69 Å². The fraction of sp³-hybridized carbons (Fsp3) is 0.429. The molecule has 0 radical (unpaired) electrons. The van der Waals surface area contributed by atoms with Crippen molar-refractivity contribution in [2.24, 2.45) is 11.0 Å². The van der Waals surface area contributed by atoms with Crippen LogP contribution < -0.4 is 4.90 Å². The molecule has 1 amide bonds. The van der Waals surface area contributed by atoms with Crippen LogP contribution >= 0.6 is 0 Å². The summed E-state index contributed by atoms with van der Waals surface area (Å²) in [6.07, 6.45) is 1.75. The van der Waals surface area contributed by atoms with E-state index >= 15 is 0 Å². The Bertz CT molecular complexity index is 634. The lowest BCUT2D eigenvalue weighted by Crippen LogP contribution is -2.25. The number of carbonyl (C=O) groups is 2. The number of nitrogens with zero attached hydrogens (tertiary/aromatic N) is 4. The highest BCUT2D eigenvalue weighted by Crippen LogP contribution is 2.30. The number of azide groups is 1. The number of ketones is 1. The van der Waals surface area contributed by atoms with Gasteiger partial charge in [-0.25, -0.2) is 0 Å². The number of amides is 1. The molecule has 1 aliphatic heterocycles. The minimum atomic E-state index is 0.0218. The maximum atomic E-state index is 12.0. The third kappa shape index (κ3) is 2.14. The first-order valence-corrected chi connectivity index (χ1v) is 6.66. The fourth-order valence-electron chi connectivity index (χ4n) is 2.90. The average Bonchev–Trinajstić information content (AvgIpc) is 3.00. The highest BCUT2D eigenvalue weighted by atomic mass is 16.2. The molecule has 6 heteroatoms. The number of hydrogen-bond acceptors (Lipinski definition) is 3. The topological polar surface area (TPSA) is 86.1 Å². The van der Waals surface area contributed by atoms with Gasteiger partial charge in [0.25, 0.3) is 0 Å². The van der Waals surface area contributed by atoms with Gasteiger partial charge in [0.1, 0.15) is 0 Å². The number of anilines is 1. The van der Waals surface area contributed by atoms with Crippen LogP contribution in [-0.2, 0) is 11.2 Å². The van der Waals surface area contributed by atoms with E-state index in [1.54, 1.807) is 4.90 Å². The Morgan fingerprint density at radius 3 is 3.00 bits per heavy atom. The molecule has 102 valence electrons. The Morgan fingerprint density at radius 2 is 2.20 bits per heavy atom. The lowest BCUT2D eigenvalue weighted by Gasteiger charge is -2.17. The summed E-state index contributed by atoms with van der Waals surface area (Å²) in [6, 6.07) is 5.65. The van der Waals surface area contributed by atoms with Crippen LogP contribution in [0.2, 0.25) is 0 Å². The van der Waals surface area contributed by atoms with Crippen molar-refractivity contribution in [1.82, 2.24) is 0 Å². The third-order valence-corrected chi connectivity index (χ3v) is 3.94. The molecule has 0 saturated carbocycles. The number of rotatable bonds is 3. The molecule has 6 nitrogen and oxygen atoms in total. The summed E-state index contributed by atoms with van der Waals surface area (Å²) < 4.78 is 0. The lowest BCUT2D eigenvalue weighted by molar-refractivity contribution is -0.117. The van der Waals surface area contributed by atoms with E-state index in [1.165, 1.54) is 0 Å². The molecule has 0 aromatic heterocycles. The first-order valence-electron chi connectivity index (χ1n) is 6.66. The molecule has 1 aromatic rings. The van der Waals surface area contributed by atoms with Crippen molar-refractivity contribution in [3.8, 4) is 0 Å². The summed E-state index contributed by atoms with van der Waals surface area (Å²) in [5.74, 6) is 0.231. The molecule has 3 rings (SSSR count). The zero-order valence-electron chi connectivity index (χ0n) is 11.0. The van der Waals surface area contributed by atoms with Crippen LogP contribution in [-0.4, -0.2) is 24.8 Å². The zero-order chi connectivity index (χ0) is 14.1. The molecule has 1 aromatic carbocycles. The number of fused-ring (bicyclic) bond motifs is 1. The zero-order valence-corrected chi connectivity index (χ0v) is 11.0. The third-order valence-electron chi connectivity index (χ3n) is 3.94. The molecule has 1 saturated heterocycles. The monoisotopic (exact) mass is 270 g/mol. The molecule has 1 heterocycles. The van der Waals surface area contributed by atoms with Crippen molar-refractivity contribution in [1.29, 1.82) is 0 Å². The van der Waals surface area contributed by atoms with E-state index in [9.17, 15) is 9.59 Å². The van der Waals surface area contributed by atoms with Gasteiger partial charge in [0.15, 0.2) is 5.78 Å². The van der Waals surface area contributed by atoms with E-state index in [0.717, 1.165) is 23.2 Å². The second-order valence-electron chi connectivity index (χ2n) is 5.25. The summed E-state index contributed by atoms with van der Waals surface area (Å²) in [5.41, 5.74) is 10.9. The van der Waals surface area contributed by atoms with Crippen molar-refractivity contribution in [2.75, 3.05) is 18.0 Å². The largest absolute Gasteiger partial charge is 0.312 e. The molecular weight excluding hydrogens is 256 g/mol. The number of aryl methyl sites for hydroxylation is 1. The minimum Gasteiger partial charge on any atom is -0.312 e. The second kappa shape index (κ2) is 4.98. The van der Waals surface area contributed by atoms with Gasteiger partial charge in [-0.1, -0.05) is 11.2 Å². The first kappa shape index (κ1) is 12.7. The molecule has 0 spiro atoms. The molecule has 2 aliphatic rings. The van der Waals surface area contributed by atoms with Gasteiger partial charge in [-0.3, -0.25) is 9.59 Å². The van der Waals surface area contributed by atoms with Crippen LogP contribution in [0.1, 0.15) is 28.8 Å². The van der Waals surface area contributed by atoms with E-state index in [1.807, 2.05) is 18.2 Å². The Balaban J connectivity index is 1.83. The van der Waals surface area contributed by atoms with Crippen molar-refractivity contribution < 1.29 is 9.59 Å². The molecule has 1 atom stereocenters. The maximum Gasteiger partial charge on any atom is 0.227 e. The van der Waals surface area contributed by atoms with Gasteiger partial charge in [-0.05, 0) is 35.6 Å². The van der Waals surface area contributed by atoms with E-state index in [-0.39, 0.29) is 17.6 Å². The minimum absolute atomic E-state index is 0.0218. The molecule has 1 fully saturated rings.